The predicted molar refractivity (Wildman–Crippen MR) is 115 cm³/mol. The Morgan fingerprint density at radius 3 is 2.50 bits per heavy atom. The molecule has 4 aromatic rings. The van der Waals surface area contributed by atoms with Gasteiger partial charge in [0.25, 0.3) is 0 Å². The van der Waals surface area contributed by atoms with Gasteiger partial charge in [-0.3, -0.25) is 9.55 Å². The van der Waals surface area contributed by atoms with Crippen molar-refractivity contribution in [2.75, 3.05) is 0 Å². The topological polar surface area (TPSA) is 43.6 Å². The molecule has 0 unspecified atom stereocenters. The van der Waals surface area contributed by atoms with Gasteiger partial charge in [0, 0.05) is 34.4 Å². The summed E-state index contributed by atoms with van der Waals surface area (Å²) in [7, 11) is 0. The van der Waals surface area contributed by atoms with E-state index in [1.165, 1.54) is 16.7 Å². The third kappa shape index (κ3) is 3.96. The monoisotopic (exact) mass is 406 g/mol. The van der Waals surface area contributed by atoms with E-state index >= 15 is 0 Å². The zero-order valence-corrected chi connectivity index (χ0v) is 17.2. The van der Waals surface area contributed by atoms with Crippen molar-refractivity contribution in [1.29, 1.82) is 0 Å². The summed E-state index contributed by atoms with van der Waals surface area (Å²) in [6.45, 7) is 4.27. The number of hydrogen-bond acceptors (Lipinski definition) is 4. The van der Waals surface area contributed by atoms with E-state index in [1.807, 2.05) is 36.4 Å². The number of thioether (sulfide) groups is 1. The molecular weight excluding hydrogens is 388 g/mol. The molecule has 140 valence electrons. The van der Waals surface area contributed by atoms with Gasteiger partial charge in [0.05, 0.1) is 0 Å². The van der Waals surface area contributed by atoms with E-state index in [9.17, 15) is 0 Å². The molecular formula is C22H19ClN4S. The molecule has 0 aliphatic heterocycles. The molecule has 2 aromatic heterocycles. The molecule has 4 rings (SSSR count). The number of aromatic nitrogens is 4. The normalized spacial score (nSPS) is 11.0. The van der Waals surface area contributed by atoms with Crippen LogP contribution in [0.25, 0.3) is 17.1 Å². The molecule has 0 aliphatic carbocycles. The van der Waals surface area contributed by atoms with Crippen molar-refractivity contribution in [3.8, 4) is 17.1 Å². The van der Waals surface area contributed by atoms with Crippen molar-refractivity contribution in [1.82, 2.24) is 19.7 Å². The van der Waals surface area contributed by atoms with Crippen LogP contribution in [0.15, 0.2) is 72.1 Å². The lowest BCUT2D eigenvalue weighted by atomic mass is 10.1. The van der Waals surface area contributed by atoms with Gasteiger partial charge >= 0.3 is 0 Å². The second kappa shape index (κ2) is 8.17. The lowest BCUT2D eigenvalue weighted by molar-refractivity contribution is 0.886. The van der Waals surface area contributed by atoms with Gasteiger partial charge in [-0.1, -0.05) is 41.6 Å². The first-order chi connectivity index (χ1) is 13.6. The van der Waals surface area contributed by atoms with Crippen molar-refractivity contribution in [2.24, 2.45) is 0 Å². The minimum Gasteiger partial charge on any atom is -0.270 e. The Morgan fingerprint density at radius 2 is 1.79 bits per heavy atom. The smallest absolute Gasteiger partial charge is 0.196 e. The second-order valence-corrected chi connectivity index (χ2v) is 7.95. The van der Waals surface area contributed by atoms with Crippen LogP contribution in [0.4, 0.5) is 0 Å². The molecule has 0 saturated carbocycles. The SMILES string of the molecule is Cc1ccc(CSc2nnc(-c3cccnc3)n2-c2ccc(Cl)cc2)cc1C. The first-order valence-corrected chi connectivity index (χ1v) is 10.3. The first-order valence-electron chi connectivity index (χ1n) is 8.92. The van der Waals surface area contributed by atoms with Gasteiger partial charge in [-0.05, 0) is 66.9 Å². The van der Waals surface area contributed by atoms with E-state index in [4.69, 9.17) is 11.6 Å². The highest BCUT2D eigenvalue weighted by atomic mass is 35.5. The van der Waals surface area contributed by atoms with E-state index in [2.05, 4.69) is 51.8 Å². The largest absolute Gasteiger partial charge is 0.270 e. The Bertz CT molecular complexity index is 1090. The van der Waals surface area contributed by atoms with Crippen LogP contribution < -0.4 is 0 Å². The van der Waals surface area contributed by atoms with E-state index in [0.29, 0.717) is 5.02 Å². The molecule has 0 bridgehead atoms. The van der Waals surface area contributed by atoms with Gasteiger partial charge < -0.3 is 0 Å². The van der Waals surface area contributed by atoms with Gasteiger partial charge in [0.1, 0.15) is 0 Å². The molecule has 28 heavy (non-hydrogen) atoms. The third-order valence-electron chi connectivity index (χ3n) is 4.58. The number of benzene rings is 2. The maximum Gasteiger partial charge on any atom is 0.196 e. The summed E-state index contributed by atoms with van der Waals surface area (Å²) in [4.78, 5) is 4.22. The predicted octanol–water partition coefficient (Wildman–Crippen LogP) is 5.89. The summed E-state index contributed by atoms with van der Waals surface area (Å²) >= 11 is 7.75. The minimum atomic E-state index is 0.698. The molecule has 0 spiro atoms. The van der Waals surface area contributed by atoms with Crippen LogP contribution in [0.5, 0.6) is 0 Å². The summed E-state index contributed by atoms with van der Waals surface area (Å²) in [5, 5.41) is 10.4. The van der Waals surface area contributed by atoms with Gasteiger partial charge in [-0.15, -0.1) is 10.2 Å². The summed E-state index contributed by atoms with van der Waals surface area (Å²) in [5.74, 6) is 1.58. The summed E-state index contributed by atoms with van der Waals surface area (Å²) in [6.07, 6.45) is 3.55. The van der Waals surface area contributed by atoms with Gasteiger partial charge in [-0.25, -0.2) is 0 Å². The highest BCUT2D eigenvalue weighted by Crippen LogP contribution is 2.30. The molecule has 0 N–H and O–H groups in total. The maximum atomic E-state index is 6.08. The summed E-state index contributed by atoms with van der Waals surface area (Å²) in [6, 6.07) is 18.2. The number of pyridine rings is 1. The van der Waals surface area contributed by atoms with Crippen molar-refractivity contribution in [3.63, 3.8) is 0 Å². The molecule has 0 saturated heterocycles. The lowest BCUT2D eigenvalue weighted by Gasteiger charge is -2.11. The quantitative estimate of drug-likeness (QED) is 0.387. The molecule has 2 heterocycles. The van der Waals surface area contributed by atoms with Gasteiger partial charge in [0.15, 0.2) is 11.0 Å². The van der Waals surface area contributed by atoms with E-state index in [1.54, 1.807) is 24.2 Å². The number of aryl methyl sites for hydroxylation is 2. The van der Waals surface area contributed by atoms with Crippen molar-refractivity contribution in [2.45, 2.75) is 24.8 Å². The third-order valence-corrected chi connectivity index (χ3v) is 5.83. The molecule has 0 amide bonds. The van der Waals surface area contributed by atoms with E-state index < -0.39 is 0 Å². The van der Waals surface area contributed by atoms with Crippen LogP contribution in [-0.2, 0) is 5.75 Å². The maximum absolute atomic E-state index is 6.08. The highest BCUT2D eigenvalue weighted by molar-refractivity contribution is 7.98. The average molecular weight is 407 g/mol. The first kappa shape index (κ1) is 18.7. The van der Waals surface area contributed by atoms with E-state index in [0.717, 1.165) is 28.0 Å². The van der Waals surface area contributed by atoms with Crippen LogP contribution in [0.3, 0.4) is 0 Å². The van der Waals surface area contributed by atoms with Crippen LogP contribution in [0.1, 0.15) is 16.7 Å². The summed E-state index contributed by atoms with van der Waals surface area (Å²) < 4.78 is 2.05. The Balaban J connectivity index is 1.71. The zero-order chi connectivity index (χ0) is 19.5. The molecule has 4 nitrogen and oxygen atoms in total. The average Bonchev–Trinajstić information content (AvgIpc) is 3.14. The second-order valence-electron chi connectivity index (χ2n) is 6.57. The Hall–Kier alpha value is -2.63. The fraction of sp³-hybridized carbons (Fsp3) is 0.136. The molecule has 6 heteroatoms. The van der Waals surface area contributed by atoms with Crippen molar-refractivity contribution < 1.29 is 0 Å². The Morgan fingerprint density at radius 1 is 0.964 bits per heavy atom. The fourth-order valence-corrected chi connectivity index (χ4v) is 3.93. The molecule has 0 radical (unpaired) electrons. The summed E-state index contributed by atoms with van der Waals surface area (Å²) in [5.41, 5.74) is 5.76. The zero-order valence-electron chi connectivity index (χ0n) is 15.6. The number of nitrogens with zero attached hydrogens (tertiary/aromatic N) is 4. The Kier molecular flexibility index (Phi) is 5.46. The van der Waals surface area contributed by atoms with Crippen LogP contribution in [0.2, 0.25) is 5.02 Å². The number of halogens is 1. The van der Waals surface area contributed by atoms with Crippen LogP contribution in [-0.4, -0.2) is 19.7 Å². The molecule has 0 fully saturated rings. The lowest BCUT2D eigenvalue weighted by Crippen LogP contribution is -2.00. The van der Waals surface area contributed by atoms with E-state index in [-0.39, 0.29) is 0 Å². The molecule has 2 aromatic carbocycles. The molecule has 0 aliphatic rings. The minimum absolute atomic E-state index is 0.698. The fourth-order valence-electron chi connectivity index (χ4n) is 2.91. The number of hydrogen-bond donors (Lipinski definition) is 0. The van der Waals surface area contributed by atoms with Crippen LogP contribution in [0, 0.1) is 13.8 Å². The molecule has 0 atom stereocenters. The van der Waals surface area contributed by atoms with Crippen molar-refractivity contribution >= 4 is 23.4 Å². The Labute approximate surface area is 173 Å². The number of rotatable bonds is 5. The van der Waals surface area contributed by atoms with Crippen molar-refractivity contribution in [3.05, 3.63) is 88.7 Å². The van der Waals surface area contributed by atoms with Gasteiger partial charge in [-0.2, -0.15) is 0 Å². The van der Waals surface area contributed by atoms with Gasteiger partial charge in [0.2, 0.25) is 0 Å². The standard InChI is InChI=1S/C22H19ClN4S/c1-15-5-6-17(12-16(15)2)14-28-22-26-25-21(18-4-3-11-24-13-18)27(22)20-9-7-19(23)8-10-20/h3-13H,14H2,1-2H3. The highest BCUT2D eigenvalue weighted by Gasteiger charge is 2.16. The van der Waals surface area contributed by atoms with Crippen LogP contribution >= 0.6 is 23.4 Å².